The number of amides is 1. The van der Waals surface area contributed by atoms with E-state index in [2.05, 4.69) is 31.3 Å². The maximum absolute atomic E-state index is 12.5. The molecule has 0 radical (unpaired) electrons. The number of nitrogens with one attached hydrogen (secondary N) is 1. The van der Waals surface area contributed by atoms with Crippen molar-refractivity contribution >= 4 is 11.9 Å². The smallest absolute Gasteiger partial charge is 0.305 e. The van der Waals surface area contributed by atoms with Gasteiger partial charge in [0.1, 0.15) is 0 Å². The number of carbonyl (C=O) groups excluding carboxylic acids is 2. The number of ether oxygens (including phenoxy) is 1. The Bertz CT molecular complexity index is 1120. The van der Waals surface area contributed by atoms with Crippen LogP contribution in [0.25, 0.3) is 0 Å². The van der Waals surface area contributed by atoms with Crippen LogP contribution in [0.15, 0.2) is 24.3 Å². The predicted octanol–water partition coefficient (Wildman–Crippen LogP) is 20.6. The molecule has 72 heavy (non-hydrogen) atoms. The Morgan fingerprint density at radius 3 is 0.986 bits per heavy atom. The van der Waals surface area contributed by atoms with Crippen molar-refractivity contribution in [2.75, 3.05) is 13.2 Å². The van der Waals surface area contributed by atoms with Crippen LogP contribution in [0, 0.1) is 0 Å². The van der Waals surface area contributed by atoms with Gasteiger partial charge in [-0.2, -0.15) is 0 Å². The summed E-state index contributed by atoms with van der Waals surface area (Å²) in [6.45, 7) is 4.91. The number of carbonyl (C=O) groups is 2. The Balaban J connectivity index is 3.43. The number of esters is 1. The molecule has 426 valence electrons. The summed E-state index contributed by atoms with van der Waals surface area (Å²) in [4.78, 5) is 24.6. The van der Waals surface area contributed by atoms with Gasteiger partial charge in [0.05, 0.1) is 25.4 Å². The molecule has 0 aromatic heterocycles. The zero-order valence-electron chi connectivity index (χ0n) is 48.7. The van der Waals surface area contributed by atoms with Crippen LogP contribution in [0.1, 0.15) is 361 Å². The quantitative estimate of drug-likeness (QED) is 0.0320. The summed E-state index contributed by atoms with van der Waals surface area (Å²) < 4.78 is 5.48. The maximum atomic E-state index is 12.5. The number of aliphatic hydroxyl groups is 2. The van der Waals surface area contributed by atoms with Gasteiger partial charge >= 0.3 is 5.97 Å². The molecule has 6 heteroatoms. The van der Waals surface area contributed by atoms with E-state index in [1.807, 2.05) is 6.08 Å². The van der Waals surface area contributed by atoms with Crippen molar-refractivity contribution in [1.29, 1.82) is 0 Å². The van der Waals surface area contributed by atoms with Crippen LogP contribution >= 0.6 is 0 Å². The van der Waals surface area contributed by atoms with Gasteiger partial charge < -0.3 is 20.3 Å². The second-order valence-electron chi connectivity index (χ2n) is 22.5. The van der Waals surface area contributed by atoms with Crippen molar-refractivity contribution in [3.8, 4) is 0 Å². The zero-order chi connectivity index (χ0) is 52.2. The molecule has 2 atom stereocenters. The largest absolute Gasteiger partial charge is 0.466 e. The molecule has 0 aliphatic heterocycles. The van der Waals surface area contributed by atoms with Crippen LogP contribution in [0.2, 0.25) is 0 Å². The van der Waals surface area contributed by atoms with Gasteiger partial charge in [0.25, 0.3) is 0 Å². The standard InChI is InChI=1S/C66H127NO5/c1-3-5-7-9-11-13-15-17-19-20-21-22-23-25-28-31-34-38-42-46-50-54-58-64(69)63(62-68)67-65(70)59-55-51-47-43-39-35-32-29-26-24-27-30-33-37-41-45-49-53-57-61-72-66(71)60-56-52-48-44-40-36-18-16-14-12-10-8-6-4-2/h16,18,54,58,63-64,68-69H,3-15,17,19-53,55-57,59-62H2,1-2H3,(H,67,70)/b18-16-,58-54+. The van der Waals surface area contributed by atoms with E-state index in [1.165, 1.54) is 289 Å². The van der Waals surface area contributed by atoms with E-state index in [9.17, 15) is 19.8 Å². The SMILES string of the molecule is CCCCCCC/C=C\CCCCCCCC(=O)OCCCCCCCCCCCCCCCCCCCCCC(=O)NC(CO)C(O)/C=C/CCCCCCCCCCCCCCCCCCCCCC. The minimum absolute atomic E-state index is 0.000453. The molecule has 0 saturated carbocycles. The molecular weight excluding hydrogens is 887 g/mol. The number of hydrogen-bond donors (Lipinski definition) is 3. The van der Waals surface area contributed by atoms with Crippen LogP contribution in [0.3, 0.4) is 0 Å². The average Bonchev–Trinajstić information content (AvgIpc) is 3.38. The lowest BCUT2D eigenvalue weighted by Gasteiger charge is -2.20. The lowest BCUT2D eigenvalue weighted by atomic mass is 10.0. The second kappa shape index (κ2) is 61.9. The molecule has 1 amide bonds. The van der Waals surface area contributed by atoms with Gasteiger partial charge in [0.2, 0.25) is 5.91 Å². The minimum Gasteiger partial charge on any atom is -0.466 e. The molecule has 2 unspecified atom stereocenters. The number of rotatable bonds is 61. The van der Waals surface area contributed by atoms with Crippen molar-refractivity contribution in [1.82, 2.24) is 5.32 Å². The number of allylic oxidation sites excluding steroid dienone is 3. The van der Waals surface area contributed by atoms with Gasteiger partial charge in [-0.25, -0.2) is 0 Å². The van der Waals surface area contributed by atoms with Gasteiger partial charge in [-0.3, -0.25) is 9.59 Å². The average molecular weight is 1010 g/mol. The molecule has 0 heterocycles. The monoisotopic (exact) mass is 1010 g/mol. The zero-order valence-corrected chi connectivity index (χ0v) is 48.7. The van der Waals surface area contributed by atoms with E-state index in [1.54, 1.807) is 6.08 Å². The Hall–Kier alpha value is -1.66. The fourth-order valence-electron chi connectivity index (χ4n) is 10.2. The normalized spacial score (nSPS) is 12.7. The van der Waals surface area contributed by atoms with Gasteiger partial charge in [0.15, 0.2) is 0 Å². The van der Waals surface area contributed by atoms with Gasteiger partial charge in [-0.05, 0) is 57.8 Å². The summed E-state index contributed by atoms with van der Waals surface area (Å²) >= 11 is 0. The van der Waals surface area contributed by atoms with Crippen LogP contribution < -0.4 is 5.32 Å². The van der Waals surface area contributed by atoms with E-state index in [0.29, 0.717) is 19.4 Å². The highest BCUT2D eigenvalue weighted by Crippen LogP contribution is 2.18. The topological polar surface area (TPSA) is 95.9 Å². The number of unbranched alkanes of at least 4 members (excludes halogenated alkanes) is 48. The third-order valence-electron chi connectivity index (χ3n) is 15.2. The highest BCUT2D eigenvalue weighted by atomic mass is 16.5. The van der Waals surface area contributed by atoms with Gasteiger partial charge in [-0.1, -0.05) is 314 Å². The van der Waals surface area contributed by atoms with Crippen molar-refractivity contribution in [3.63, 3.8) is 0 Å². The van der Waals surface area contributed by atoms with E-state index in [0.717, 1.165) is 44.9 Å². The number of hydrogen-bond acceptors (Lipinski definition) is 5. The molecule has 0 saturated heterocycles. The highest BCUT2D eigenvalue weighted by Gasteiger charge is 2.18. The lowest BCUT2D eigenvalue weighted by Crippen LogP contribution is -2.45. The van der Waals surface area contributed by atoms with E-state index in [-0.39, 0.29) is 18.5 Å². The molecule has 0 aromatic rings. The van der Waals surface area contributed by atoms with Crippen LogP contribution in [-0.2, 0) is 14.3 Å². The Labute approximate surface area is 450 Å². The Morgan fingerprint density at radius 1 is 0.375 bits per heavy atom. The molecule has 0 rings (SSSR count). The summed E-state index contributed by atoms with van der Waals surface area (Å²) in [5.41, 5.74) is 0. The first-order valence-electron chi connectivity index (χ1n) is 32.6. The fourth-order valence-corrected chi connectivity index (χ4v) is 10.2. The molecule has 0 aliphatic carbocycles. The Morgan fingerprint density at radius 2 is 0.653 bits per heavy atom. The van der Waals surface area contributed by atoms with Gasteiger partial charge in [-0.15, -0.1) is 0 Å². The third-order valence-corrected chi connectivity index (χ3v) is 15.2. The molecule has 0 aromatic carbocycles. The first kappa shape index (κ1) is 70.3. The summed E-state index contributed by atoms with van der Waals surface area (Å²) in [5.74, 6) is -0.0669. The predicted molar refractivity (Wildman–Crippen MR) is 315 cm³/mol. The summed E-state index contributed by atoms with van der Waals surface area (Å²) in [6.07, 6.45) is 76.5. The van der Waals surface area contributed by atoms with E-state index in [4.69, 9.17) is 4.74 Å². The van der Waals surface area contributed by atoms with Crippen molar-refractivity contribution in [2.24, 2.45) is 0 Å². The van der Waals surface area contributed by atoms with E-state index < -0.39 is 12.1 Å². The van der Waals surface area contributed by atoms with Gasteiger partial charge in [0, 0.05) is 12.8 Å². The van der Waals surface area contributed by atoms with Crippen LogP contribution in [-0.4, -0.2) is 47.4 Å². The molecule has 0 aliphatic rings. The van der Waals surface area contributed by atoms with Crippen LogP contribution in [0.5, 0.6) is 0 Å². The molecule has 3 N–H and O–H groups in total. The third kappa shape index (κ3) is 57.6. The summed E-state index contributed by atoms with van der Waals surface area (Å²) in [6, 6.07) is -0.631. The Kier molecular flexibility index (Phi) is 60.5. The molecule has 0 spiro atoms. The molecular formula is C66H127NO5. The van der Waals surface area contributed by atoms with E-state index >= 15 is 0 Å². The maximum Gasteiger partial charge on any atom is 0.305 e. The minimum atomic E-state index is -0.847. The van der Waals surface area contributed by atoms with Crippen molar-refractivity contribution in [2.45, 2.75) is 373 Å². The molecule has 0 bridgehead atoms. The second-order valence-corrected chi connectivity index (χ2v) is 22.5. The fraction of sp³-hybridized carbons (Fsp3) is 0.909. The van der Waals surface area contributed by atoms with Crippen molar-refractivity contribution < 1.29 is 24.5 Å². The molecule has 6 nitrogen and oxygen atoms in total. The number of aliphatic hydroxyl groups excluding tert-OH is 2. The van der Waals surface area contributed by atoms with Crippen molar-refractivity contribution in [3.05, 3.63) is 24.3 Å². The van der Waals surface area contributed by atoms with Crippen LogP contribution in [0.4, 0.5) is 0 Å². The summed E-state index contributed by atoms with van der Waals surface area (Å²) in [5, 5.41) is 23.2. The highest BCUT2D eigenvalue weighted by molar-refractivity contribution is 5.76. The lowest BCUT2D eigenvalue weighted by molar-refractivity contribution is -0.143. The first-order chi connectivity index (χ1) is 35.5. The molecule has 0 fully saturated rings. The summed E-state index contributed by atoms with van der Waals surface area (Å²) in [7, 11) is 0. The first-order valence-corrected chi connectivity index (χ1v) is 32.6.